The van der Waals surface area contributed by atoms with Crippen LogP contribution in [0.15, 0.2) is 58.3 Å². The molecule has 0 aromatic heterocycles. The van der Waals surface area contributed by atoms with E-state index < -0.39 is 10.8 Å². The summed E-state index contributed by atoms with van der Waals surface area (Å²) in [6, 6.07) is 15.9. The molecule has 0 aliphatic carbocycles. The first-order chi connectivity index (χ1) is 8.72. The molecule has 0 bridgehead atoms. The van der Waals surface area contributed by atoms with E-state index in [1.165, 1.54) is 11.1 Å². The molecule has 2 rings (SSSR count). The Bertz CT molecular complexity index is 543. The SMILES string of the molecule is CCCc1ccccc1[S@@](=O)c1ccc(C)cc1. The largest absolute Gasteiger partial charge is 0.249 e. The summed E-state index contributed by atoms with van der Waals surface area (Å²) in [6.45, 7) is 4.18. The molecule has 2 aromatic carbocycles. The van der Waals surface area contributed by atoms with E-state index in [1.807, 2.05) is 49.4 Å². The number of hydrogen-bond donors (Lipinski definition) is 0. The van der Waals surface area contributed by atoms with Crippen LogP contribution in [-0.2, 0) is 17.2 Å². The third-order valence-corrected chi connectivity index (χ3v) is 4.42. The molecule has 0 radical (unpaired) electrons. The van der Waals surface area contributed by atoms with Crippen molar-refractivity contribution in [3.63, 3.8) is 0 Å². The Balaban J connectivity index is 2.36. The van der Waals surface area contributed by atoms with Crippen molar-refractivity contribution in [2.24, 2.45) is 0 Å². The summed E-state index contributed by atoms with van der Waals surface area (Å²) in [5, 5.41) is 0. The first-order valence-corrected chi connectivity index (χ1v) is 7.43. The van der Waals surface area contributed by atoms with Crippen LogP contribution in [0.25, 0.3) is 0 Å². The minimum atomic E-state index is -1.07. The summed E-state index contributed by atoms with van der Waals surface area (Å²) < 4.78 is 12.6. The van der Waals surface area contributed by atoms with Crippen molar-refractivity contribution < 1.29 is 4.21 Å². The third kappa shape index (κ3) is 2.88. The van der Waals surface area contributed by atoms with Crippen LogP contribution in [0.3, 0.4) is 0 Å². The number of hydrogen-bond acceptors (Lipinski definition) is 1. The predicted octanol–water partition coefficient (Wildman–Crippen LogP) is 4.11. The topological polar surface area (TPSA) is 17.1 Å². The maximum absolute atomic E-state index is 12.6. The number of rotatable bonds is 4. The lowest BCUT2D eigenvalue weighted by molar-refractivity contribution is 0.682. The van der Waals surface area contributed by atoms with Crippen molar-refractivity contribution in [2.45, 2.75) is 36.5 Å². The molecule has 0 saturated heterocycles. The highest BCUT2D eigenvalue weighted by atomic mass is 32.2. The zero-order chi connectivity index (χ0) is 13.0. The molecule has 18 heavy (non-hydrogen) atoms. The maximum atomic E-state index is 12.6. The highest BCUT2D eigenvalue weighted by Gasteiger charge is 2.10. The fourth-order valence-corrected chi connectivity index (χ4v) is 3.20. The Morgan fingerprint density at radius 1 is 1.00 bits per heavy atom. The summed E-state index contributed by atoms with van der Waals surface area (Å²) in [7, 11) is -1.07. The first kappa shape index (κ1) is 13.0. The highest BCUT2D eigenvalue weighted by molar-refractivity contribution is 7.85. The molecule has 2 aromatic rings. The fourth-order valence-electron chi connectivity index (χ4n) is 1.95. The van der Waals surface area contributed by atoms with Crippen molar-refractivity contribution in [1.82, 2.24) is 0 Å². The zero-order valence-corrected chi connectivity index (χ0v) is 11.7. The van der Waals surface area contributed by atoms with Crippen molar-refractivity contribution in [3.05, 3.63) is 59.7 Å². The van der Waals surface area contributed by atoms with Gasteiger partial charge in [0.1, 0.15) is 0 Å². The molecule has 1 atom stereocenters. The van der Waals surface area contributed by atoms with Gasteiger partial charge in [-0.3, -0.25) is 0 Å². The number of benzene rings is 2. The van der Waals surface area contributed by atoms with Crippen LogP contribution in [0.4, 0.5) is 0 Å². The molecular weight excluding hydrogens is 240 g/mol. The number of aryl methyl sites for hydroxylation is 2. The smallest absolute Gasteiger partial charge is 0.0852 e. The molecule has 2 heteroatoms. The molecule has 0 heterocycles. The summed E-state index contributed by atoms with van der Waals surface area (Å²) in [6.07, 6.45) is 2.05. The van der Waals surface area contributed by atoms with Crippen molar-refractivity contribution >= 4 is 10.8 Å². The van der Waals surface area contributed by atoms with Gasteiger partial charge in [0, 0.05) is 9.79 Å². The van der Waals surface area contributed by atoms with Crippen LogP contribution in [-0.4, -0.2) is 4.21 Å². The van der Waals surface area contributed by atoms with E-state index >= 15 is 0 Å². The van der Waals surface area contributed by atoms with Crippen LogP contribution < -0.4 is 0 Å². The Morgan fingerprint density at radius 2 is 1.67 bits per heavy atom. The van der Waals surface area contributed by atoms with Crippen LogP contribution in [0.2, 0.25) is 0 Å². The summed E-state index contributed by atoms with van der Waals surface area (Å²) in [5.41, 5.74) is 2.39. The van der Waals surface area contributed by atoms with Gasteiger partial charge in [-0.15, -0.1) is 0 Å². The van der Waals surface area contributed by atoms with E-state index in [-0.39, 0.29) is 0 Å². The van der Waals surface area contributed by atoms with Crippen LogP contribution in [0.5, 0.6) is 0 Å². The monoisotopic (exact) mass is 258 g/mol. The Kier molecular flexibility index (Phi) is 4.32. The Morgan fingerprint density at radius 3 is 2.33 bits per heavy atom. The van der Waals surface area contributed by atoms with Crippen LogP contribution in [0.1, 0.15) is 24.5 Å². The molecule has 0 saturated carbocycles. The van der Waals surface area contributed by atoms with Gasteiger partial charge in [0.25, 0.3) is 0 Å². The lowest BCUT2D eigenvalue weighted by Gasteiger charge is -2.08. The van der Waals surface area contributed by atoms with Crippen molar-refractivity contribution in [2.75, 3.05) is 0 Å². The second-order valence-electron chi connectivity index (χ2n) is 4.44. The van der Waals surface area contributed by atoms with Gasteiger partial charge in [-0.05, 0) is 37.1 Å². The second kappa shape index (κ2) is 5.96. The minimum Gasteiger partial charge on any atom is -0.249 e. The van der Waals surface area contributed by atoms with Gasteiger partial charge in [0.15, 0.2) is 0 Å². The average molecular weight is 258 g/mol. The summed E-state index contributed by atoms with van der Waals surface area (Å²) >= 11 is 0. The third-order valence-electron chi connectivity index (χ3n) is 2.93. The van der Waals surface area contributed by atoms with E-state index in [1.54, 1.807) is 0 Å². The molecule has 0 N–H and O–H groups in total. The lowest BCUT2D eigenvalue weighted by Crippen LogP contribution is -1.98. The zero-order valence-electron chi connectivity index (χ0n) is 10.8. The van der Waals surface area contributed by atoms with Crippen LogP contribution in [0, 0.1) is 6.92 Å². The standard InChI is InChI=1S/C16H18OS/c1-3-6-14-7-4-5-8-16(14)18(17)15-11-9-13(2)10-12-15/h4-5,7-12H,3,6H2,1-2H3/t18-/m0/s1. The molecule has 0 spiro atoms. The quantitative estimate of drug-likeness (QED) is 0.806. The molecule has 0 unspecified atom stereocenters. The molecule has 94 valence electrons. The van der Waals surface area contributed by atoms with Crippen LogP contribution >= 0.6 is 0 Å². The Labute approximate surface area is 111 Å². The van der Waals surface area contributed by atoms with E-state index in [0.717, 1.165) is 22.6 Å². The first-order valence-electron chi connectivity index (χ1n) is 6.28. The van der Waals surface area contributed by atoms with Gasteiger partial charge in [-0.1, -0.05) is 49.2 Å². The molecule has 0 amide bonds. The molecular formula is C16H18OS. The molecule has 0 fully saturated rings. The minimum absolute atomic E-state index is 0.879. The summed E-state index contributed by atoms with van der Waals surface area (Å²) in [5.74, 6) is 0. The van der Waals surface area contributed by atoms with Gasteiger partial charge in [-0.2, -0.15) is 0 Å². The fraction of sp³-hybridized carbons (Fsp3) is 0.250. The van der Waals surface area contributed by atoms with E-state index in [0.29, 0.717) is 0 Å². The summed E-state index contributed by atoms with van der Waals surface area (Å²) in [4.78, 5) is 1.83. The molecule has 0 aliphatic rings. The second-order valence-corrected chi connectivity index (χ2v) is 5.89. The molecule has 1 nitrogen and oxygen atoms in total. The maximum Gasteiger partial charge on any atom is 0.0852 e. The van der Waals surface area contributed by atoms with Gasteiger partial charge in [0.2, 0.25) is 0 Å². The Hall–Kier alpha value is -1.41. The van der Waals surface area contributed by atoms with E-state index in [4.69, 9.17) is 0 Å². The highest BCUT2D eigenvalue weighted by Crippen LogP contribution is 2.21. The van der Waals surface area contributed by atoms with Gasteiger partial charge >= 0.3 is 0 Å². The normalized spacial score (nSPS) is 12.3. The lowest BCUT2D eigenvalue weighted by atomic mass is 10.1. The van der Waals surface area contributed by atoms with E-state index in [9.17, 15) is 4.21 Å². The molecule has 0 aliphatic heterocycles. The van der Waals surface area contributed by atoms with Gasteiger partial charge < -0.3 is 0 Å². The van der Waals surface area contributed by atoms with Gasteiger partial charge in [-0.25, -0.2) is 4.21 Å². The van der Waals surface area contributed by atoms with E-state index in [2.05, 4.69) is 13.0 Å². The predicted molar refractivity (Wildman–Crippen MR) is 76.3 cm³/mol. The van der Waals surface area contributed by atoms with Crippen molar-refractivity contribution in [3.8, 4) is 0 Å². The van der Waals surface area contributed by atoms with Crippen molar-refractivity contribution in [1.29, 1.82) is 0 Å². The average Bonchev–Trinajstić information content (AvgIpc) is 2.40. The van der Waals surface area contributed by atoms with Gasteiger partial charge in [0.05, 0.1) is 10.8 Å².